The van der Waals surface area contributed by atoms with Crippen LogP contribution in [0.15, 0.2) is 33.7 Å². The number of nitrogens with one attached hydrogen (secondary N) is 1. The van der Waals surface area contributed by atoms with E-state index in [2.05, 4.69) is 26.2 Å². The number of hydrogen-bond donors (Lipinski definition) is 2. The Balaban J connectivity index is 2.34. The number of aliphatic imine (C=N–C) groups is 1. The number of carbonyl (C=O) groups excluding carboxylic acids is 2. The number of rotatable bonds is 3. The number of hydrogen-bond acceptors (Lipinski definition) is 3. The molecular formula is C14H16BrN3O2. The second kappa shape index (κ2) is 5.46. The van der Waals surface area contributed by atoms with Gasteiger partial charge in [-0.05, 0) is 31.0 Å². The molecule has 1 aliphatic rings. The fourth-order valence-electron chi connectivity index (χ4n) is 1.89. The van der Waals surface area contributed by atoms with E-state index in [1.807, 2.05) is 6.92 Å². The molecule has 1 aromatic rings. The molecule has 5 nitrogen and oxygen atoms in total. The summed E-state index contributed by atoms with van der Waals surface area (Å²) in [4.78, 5) is 28.3. The van der Waals surface area contributed by atoms with Gasteiger partial charge in [-0.1, -0.05) is 35.0 Å². The van der Waals surface area contributed by atoms with E-state index in [1.165, 1.54) is 0 Å². The monoisotopic (exact) mass is 337 g/mol. The lowest BCUT2D eigenvalue weighted by Crippen LogP contribution is -2.56. The average Bonchev–Trinajstić information content (AvgIpc) is 2.40. The van der Waals surface area contributed by atoms with Gasteiger partial charge in [-0.15, -0.1) is 0 Å². The van der Waals surface area contributed by atoms with Crippen molar-refractivity contribution >= 4 is 33.6 Å². The molecule has 106 valence electrons. The van der Waals surface area contributed by atoms with Gasteiger partial charge in [-0.25, -0.2) is 0 Å². The standard InChI is InChI=1S/C14H16BrN3O2/c1-3-14(2,16)13-17-11(19)10(12(20)18-13)8-4-6-9(15)7-5-8/h4-7,10H,3,16H2,1-2H3,(H,17,18,19,20). The van der Waals surface area contributed by atoms with Crippen molar-refractivity contribution in [1.29, 1.82) is 0 Å². The summed E-state index contributed by atoms with van der Waals surface area (Å²) in [5, 5.41) is 2.65. The first-order chi connectivity index (χ1) is 9.35. The molecule has 1 aromatic carbocycles. The van der Waals surface area contributed by atoms with Crippen LogP contribution in [0.5, 0.6) is 0 Å². The summed E-state index contributed by atoms with van der Waals surface area (Å²) in [6.45, 7) is 3.61. The van der Waals surface area contributed by atoms with Crippen LogP contribution in [-0.4, -0.2) is 23.2 Å². The van der Waals surface area contributed by atoms with Crippen molar-refractivity contribution < 1.29 is 9.59 Å². The Morgan fingerprint density at radius 1 is 1.35 bits per heavy atom. The first-order valence-electron chi connectivity index (χ1n) is 6.33. The molecule has 0 radical (unpaired) electrons. The van der Waals surface area contributed by atoms with Crippen LogP contribution in [-0.2, 0) is 9.59 Å². The molecule has 1 heterocycles. The van der Waals surface area contributed by atoms with E-state index in [-0.39, 0.29) is 11.7 Å². The van der Waals surface area contributed by atoms with Gasteiger partial charge in [0.2, 0.25) is 5.91 Å². The number of nitrogens with zero attached hydrogens (tertiary/aromatic N) is 1. The van der Waals surface area contributed by atoms with Crippen LogP contribution in [0.4, 0.5) is 0 Å². The van der Waals surface area contributed by atoms with E-state index in [1.54, 1.807) is 31.2 Å². The summed E-state index contributed by atoms with van der Waals surface area (Å²) < 4.78 is 0.884. The first kappa shape index (κ1) is 14.9. The largest absolute Gasteiger partial charge is 0.319 e. The van der Waals surface area contributed by atoms with E-state index in [9.17, 15) is 9.59 Å². The SMILES string of the molecule is CCC(C)(N)C1=NC(=O)C(c2ccc(Br)cc2)C(=O)N1. The molecule has 0 saturated carbocycles. The van der Waals surface area contributed by atoms with E-state index in [0.29, 0.717) is 12.0 Å². The van der Waals surface area contributed by atoms with Gasteiger partial charge in [0.25, 0.3) is 5.91 Å². The van der Waals surface area contributed by atoms with Crippen LogP contribution in [0.3, 0.4) is 0 Å². The summed E-state index contributed by atoms with van der Waals surface area (Å²) in [7, 11) is 0. The minimum Gasteiger partial charge on any atom is -0.319 e. The van der Waals surface area contributed by atoms with Crippen LogP contribution in [0.25, 0.3) is 0 Å². The number of halogens is 1. The highest BCUT2D eigenvalue weighted by Gasteiger charge is 2.37. The molecule has 2 unspecified atom stereocenters. The fraction of sp³-hybridized carbons (Fsp3) is 0.357. The lowest BCUT2D eigenvalue weighted by Gasteiger charge is -2.29. The van der Waals surface area contributed by atoms with Crippen molar-refractivity contribution in [3.05, 3.63) is 34.3 Å². The van der Waals surface area contributed by atoms with E-state index in [0.717, 1.165) is 4.47 Å². The molecule has 0 bridgehead atoms. The van der Waals surface area contributed by atoms with Crippen LogP contribution in [0.1, 0.15) is 31.7 Å². The Kier molecular flexibility index (Phi) is 4.06. The van der Waals surface area contributed by atoms with Crippen molar-refractivity contribution in [3.8, 4) is 0 Å². The highest BCUT2D eigenvalue weighted by molar-refractivity contribution is 9.10. The minimum atomic E-state index is -0.903. The smallest absolute Gasteiger partial charge is 0.264 e. The number of amides is 2. The van der Waals surface area contributed by atoms with Crippen molar-refractivity contribution in [3.63, 3.8) is 0 Å². The van der Waals surface area contributed by atoms with Gasteiger partial charge in [-0.2, -0.15) is 4.99 Å². The van der Waals surface area contributed by atoms with Gasteiger partial charge in [0.1, 0.15) is 11.8 Å². The van der Waals surface area contributed by atoms with Gasteiger partial charge in [0, 0.05) is 4.47 Å². The summed E-state index contributed by atoms with van der Waals surface area (Å²) >= 11 is 3.32. The highest BCUT2D eigenvalue weighted by atomic mass is 79.9. The third-order valence-electron chi connectivity index (χ3n) is 3.45. The molecule has 2 rings (SSSR count). The molecule has 2 atom stereocenters. The van der Waals surface area contributed by atoms with Gasteiger partial charge in [-0.3, -0.25) is 9.59 Å². The number of nitrogens with two attached hydrogens (primary N) is 1. The van der Waals surface area contributed by atoms with Crippen molar-refractivity contribution in [2.24, 2.45) is 10.7 Å². The van der Waals surface area contributed by atoms with Gasteiger partial charge in [0.05, 0.1) is 5.54 Å². The Hall–Kier alpha value is -1.53. The second-order valence-corrected chi connectivity index (χ2v) is 5.96. The zero-order valence-electron chi connectivity index (χ0n) is 11.3. The number of benzene rings is 1. The average molecular weight is 338 g/mol. The van der Waals surface area contributed by atoms with Gasteiger partial charge in [0.15, 0.2) is 0 Å². The second-order valence-electron chi connectivity index (χ2n) is 5.04. The van der Waals surface area contributed by atoms with Crippen LogP contribution >= 0.6 is 15.9 Å². The molecule has 1 aliphatic heterocycles. The molecule has 2 amide bonds. The van der Waals surface area contributed by atoms with Crippen LogP contribution in [0.2, 0.25) is 0 Å². The summed E-state index contributed by atoms with van der Waals surface area (Å²) in [6.07, 6.45) is 0.572. The molecule has 3 N–H and O–H groups in total. The maximum Gasteiger partial charge on any atom is 0.264 e. The Bertz CT molecular complexity index is 579. The zero-order valence-corrected chi connectivity index (χ0v) is 12.9. The summed E-state index contributed by atoms with van der Waals surface area (Å²) in [5.74, 6) is -1.52. The quantitative estimate of drug-likeness (QED) is 0.823. The molecule has 0 aliphatic carbocycles. The van der Waals surface area contributed by atoms with Gasteiger partial charge < -0.3 is 11.1 Å². The Morgan fingerprint density at radius 3 is 2.45 bits per heavy atom. The molecular weight excluding hydrogens is 322 g/mol. The summed E-state index contributed by atoms with van der Waals surface area (Å²) in [5.41, 5.74) is 5.82. The Labute approximate surface area is 125 Å². The lowest BCUT2D eigenvalue weighted by molar-refractivity contribution is -0.130. The van der Waals surface area contributed by atoms with Crippen molar-refractivity contribution in [1.82, 2.24) is 5.32 Å². The Morgan fingerprint density at radius 2 is 1.95 bits per heavy atom. The van der Waals surface area contributed by atoms with Crippen LogP contribution < -0.4 is 11.1 Å². The first-order valence-corrected chi connectivity index (χ1v) is 7.12. The minimum absolute atomic E-state index is 0.239. The van der Waals surface area contributed by atoms with E-state index in [4.69, 9.17) is 5.73 Å². The molecule has 0 aromatic heterocycles. The normalized spacial score (nSPS) is 22.0. The lowest BCUT2D eigenvalue weighted by atomic mass is 9.92. The molecule has 0 fully saturated rings. The predicted molar refractivity (Wildman–Crippen MR) is 80.4 cm³/mol. The topological polar surface area (TPSA) is 84.5 Å². The predicted octanol–water partition coefficient (Wildman–Crippen LogP) is 1.71. The number of carbonyl (C=O) groups is 2. The van der Waals surface area contributed by atoms with Crippen molar-refractivity contribution in [2.45, 2.75) is 31.7 Å². The van der Waals surface area contributed by atoms with Crippen molar-refractivity contribution in [2.75, 3.05) is 0 Å². The fourth-order valence-corrected chi connectivity index (χ4v) is 2.16. The summed E-state index contributed by atoms with van der Waals surface area (Å²) in [6, 6.07) is 7.03. The van der Waals surface area contributed by atoms with E-state index >= 15 is 0 Å². The maximum absolute atomic E-state index is 12.2. The van der Waals surface area contributed by atoms with Gasteiger partial charge >= 0.3 is 0 Å². The number of amidine groups is 1. The van der Waals surface area contributed by atoms with Crippen LogP contribution in [0, 0.1) is 0 Å². The molecule has 6 heteroatoms. The van der Waals surface area contributed by atoms with E-state index < -0.39 is 17.4 Å². The maximum atomic E-state index is 12.2. The third kappa shape index (κ3) is 2.81. The molecule has 0 spiro atoms. The zero-order chi connectivity index (χ0) is 14.9. The molecule has 0 saturated heterocycles. The third-order valence-corrected chi connectivity index (χ3v) is 3.98. The molecule has 20 heavy (non-hydrogen) atoms. The highest BCUT2D eigenvalue weighted by Crippen LogP contribution is 2.24.